The molecule has 0 aromatic heterocycles. The van der Waals surface area contributed by atoms with Crippen LogP contribution in [0.4, 0.5) is 0 Å². The third-order valence-corrected chi connectivity index (χ3v) is 19.5. The van der Waals surface area contributed by atoms with Crippen LogP contribution in [0.25, 0.3) is 0 Å². The van der Waals surface area contributed by atoms with Crippen molar-refractivity contribution in [3.63, 3.8) is 0 Å². The summed E-state index contributed by atoms with van der Waals surface area (Å²) in [7, 11) is -7.96. The molecule has 0 heterocycles. The zero-order chi connectivity index (χ0) is 30.7. The van der Waals surface area contributed by atoms with Crippen molar-refractivity contribution in [2.75, 3.05) is 0 Å². The van der Waals surface area contributed by atoms with Gasteiger partial charge in [-0.25, -0.2) is 0 Å². The first-order chi connectivity index (χ1) is 19.8. The van der Waals surface area contributed by atoms with E-state index in [1.54, 1.807) is 24.3 Å². The van der Waals surface area contributed by atoms with Gasteiger partial charge in [0.1, 0.15) is 0 Å². The maximum absolute atomic E-state index is 13.6. The molecule has 6 nitrogen and oxygen atoms in total. The molecule has 0 amide bonds. The van der Waals surface area contributed by atoms with Crippen LogP contribution in [-0.4, -0.2) is 55.3 Å². The van der Waals surface area contributed by atoms with Crippen LogP contribution in [0, 0.1) is 35.5 Å². The third-order valence-electron chi connectivity index (χ3n) is 8.88. The van der Waals surface area contributed by atoms with Gasteiger partial charge in [0.05, 0.1) is 0 Å². The summed E-state index contributed by atoms with van der Waals surface area (Å²) in [6, 6.07) is 14.1. The molecule has 2 aromatic carbocycles. The van der Waals surface area contributed by atoms with Gasteiger partial charge in [0.25, 0.3) is 0 Å². The first kappa shape index (κ1) is 34.2. The fraction of sp³-hybridized carbons (Fsp3) is 0.625. The van der Waals surface area contributed by atoms with Crippen LogP contribution in [0.3, 0.4) is 0 Å². The van der Waals surface area contributed by atoms with E-state index in [1.807, 2.05) is 24.3 Å². The molecule has 0 unspecified atom stereocenters. The summed E-state index contributed by atoms with van der Waals surface area (Å²) in [5.41, 5.74) is 0. The summed E-state index contributed by atoms with van der Waals surface area (Å²) >= 11 is -0.578. The SMILES string of the molecule is CC(C)[C@@H]1CC[C@@H](C)C[C@H]1OS(=O)(=O)c1ccccc1[Se][Se]c1ccccc1S(=O)(=O)O[C@@H]1C[C@H](C)CC[C@H]1C(C)C. The van der Waals surface area contributed by atoms with Crippen LogP contribution < -0.4 is 8.92 Å². The van der Waals surface area contributed by atoms with Crippen LogP contribution in [0.5, 0.6) is 0 Å². The average Bonchev–Trinajstić information content (AvgIpc) is 2.91. The Bertz CT molecular complexity index is 1300. The van der Waals surface area contributed by atoms with E-state index < -0.39 is 20.2 Å². The van der Waals surface area contributed by atoms with Crippen LogP contribution in [0.15, 0.2) is 58.3 Å². The quantitative estimate of drug-likeness (QED) is 0.230. The normalized spacial score (nSPS) is 27.4. The van der Waals surface area contributed by atoms with Crippen molar-refractivity contribution in [2.45, 2.75) is 102 Å². The van der Waals surface area contributed by atoms with Gasteiger partial charge in [-0.2, -0.15) is 0 Å². The summed E-state index contributed by atoms with van der Waals surface area (Å²) in [4.78, 5) is 0.417. The molecule has 2 aromatic rings. The number of hydrogen-bond acceptors (Lipinski definition) is 6. The average molecular weight is 749 g/mol. The third kappa shape index (κ3) is 8.51. The first-order valence-corrected chi connectivity index (χ1v) is 24.0. The molecule has 10 heteroatoms. The van der Waals surface area contributed by atoms with Crippen molar-refractivity contribution in [2.24, 2.45) is 35.5 Å². The molecule has 2 saturated carbocycles. The van der Waals surface area contributed by atoms with Crippen molar-refractivity contribution in [1.29, 1.82) is 0 Å². The molecule has 0 N–H and O–H groups in total. The fourth-order valence-corrected chi connectivity index (χ4v) is 18.5. The molecule has 6 atom stereocenters. The zero-order valence-electron chi connectivity index (χ0n) is 25.6. The van der Waals surface area contributed by atoms with Crippen LogP contribution >= 0.6 is 0 Å². The fourth-order valence-electron chi connectivity index (χ4n) is 6.42. The Morgan fingerprint density at radius 2 is 0.976 bits per heavy atom. The van der Waals surface area contributed by atoms with Crippen molar-refractivity contribution in [3.05, 3.63) is 48.5 Å². The van der Waals surface area contributed by atoms with E-state index in [0.717, 1.165) is 38.5 Å². The van der Waals surface area contributed by atoms with Crippen LogP contribution in [0.2, 0.25) is 0 Å². The van der Waals surface area contributed by atoms with Gasteiger partial charge in [-0.05, 0) is 0 Å². The standard InChI is InChI=1S/C32H46O6S2Se2/c1-21(2)25-17-15-23(5)19-27(25)37-39(33,34)29-11-7-9-13-31(29)41-42-32-14-10-8-12-30(32)40(35,36)38-28-20-24(6)16-18-26(28)22(3)4/h7-14,21-28H,15-20H2,1-6H3/t23-,24-,25+,26+,27-,28-/m1/s1. The molecule has 2 aliphatic carbocycles. The Morgan fingerprint density at radius 1 is 0.619 bits per heavy atom. The predicted octanol–water partition coefficient (Wildman–Crippen LogP) is 5.29. The molecule has 2 fully saturated rings. The van der Waals surface area contributed by atoms with Crippen molar-refractivity contribution in [1.82, 2.24) is 0 Å². The molecule has 0 aliphatic heterocycles. The van der Waals surface area contributed by atoms with Gasteiger partial charge < -0.3 is 0 Å². The molecule has 2 aliphatic rings. The van der Waals surface area contributed by atoms with E-state index in [-0.39, 0.29) is 60.1 Å². The molecule has 0 radical (unpaired) electrons. The molecule has 0 bridgehead atoms. The van der Waals surface area contributed by atoms with E-state index in [1.165, 1.54) is 0 Å². The van der Waals surface area contributed by atoms with E-state index in [9.17, 15) is 16.8 Å². The summed E-state index contributed by atoms with van der Waals surface area (Å²) in [6.07, 6.45) is 4.95. The minimum atomic E-state index is -3.98. The Morgan fingerprint density at radius 3 is 1.33 bits per heavy atom. The Kier molecular flexibility index (Phi) is 11.9. The maximum atomic E-state index is 13.6. The molecular weight excluding hydrogens is 702 g/mol. The Hall–Kier alpha value is -0.701. The second-order valence-corrected chi connectivity index (χ2v) is 22.1. The monoisotopic (exact) mass is 750 g/mol. The van der Waals surface area contributed by atoms with Crippen LogP contribution in [-0.2, 0) is 28.6 Å². The Labute approximate surface area is 265 Å². The molecule has 234 valence electrons. The molecule has 0 spiro atoms. The van der Waals surface area contributed by atoms with Crippen molar-refractivity contribution in [3.8, 4) is 0 Å². The van der Waals surface area contributed by atoms with Crippen LogP contribution in [0.1, 0.15) is 80.1 Å². The van der Waals surface area contributed by atoms with E-state index in [4.69, 9.17) is 8.37 Å². The van der Waals surface area contributed by atoms with Gasteiger partial charge in [0.15, 0.2) is 0 Å². The number of benzene rings is 2. The summed E-state index contributed by atoms with van der Waals surface area (Å²) < 4.78 is 68.0. The van der Waals surface area contributed by atoms with Gasteiger partial charge in [-0.3, -0.25) is 0 Å². The zero-order valence-corrected chi connectivity index (χ0v) is 30.6. The molecule has 0 saturated heterocycles. The van der Waals surface area contributed by atoms with Gasteiger partial charge in [-0.1, -0.05) is 0 Å². The van der Waals surface area contributed by atoms with Crippen molar-refractivity contribution >= 4 is 55.4 Å². The summed E-state index contributed by atoms with van der Waals surface area (Å²) in [6.45, 7) is 12.9. The number of hydrogen-bond donors (Lipinski definition) is 0. The molecule has 4 rings (SSSR count). The summed E-state index contributed by atoms with van der Waals surface area (Å²) in [5.74, 6) is 1.95. The molecular formula is C32H46O6S2Se2. The van der Waals surface area contributed by atoms with E-state index >= 15 is 0 Å². The Balaban J connectivity index is 1.54. The van der Waals surface area contributed by atoms with Crippen molar-refractivity contribution < 1.29 is 25.2 Å². The van der Waals surface area contributed by atoms with Gasteiger partial charge in [-0.15, -0.1) is 0 Å². The molecule has 42 heavy (non-hydrogen) atoms. The summed E-state index contributed by atoms with van der Waals surface area (Å²) in [5, 5.41) is 0. The van der Waals surface area contributed by atoms with Gasteiger partial charge >= 0.3 is 267 Å². The topological polar surface area (TPSA) is 86.7 Å². The second-order valence-electron chi connectivity index (χ2n) is 12.9. The van der Waals surface area contributed by atoms with Gasteiger partial charge in [0, 0.05) is 0 Å². The first-order valence-electron chi connectivity index (χ1n) is 15.2. The number of rotatable bonds is 11. The predicted molar refractivity (Wildman–Crippen MR) is 170 cm³/mol. The van der Waals surface area contributed by atoms with E-state index in [2.05, 4.69) is 41.5 Å². The van der Waals surface area contributed by atoms with E-state index in [0.29, 0.717) is 32.6 Å². The van der Waals surface area contributed by atoms with Gasteiger partial charge in [0.2, 0.25) is 0 Å². The second kappa shape index (κ2) is 14.6. The minimum absolute atomic E-state index is 0.206.